The lowest BCUT2D eigenvalue weighted by molar-refractivity contribution is -0.149. The van der Waals surface area contributed by atoms with Crippen molar-refractivity contribution in [3.05, 3.63) is 44.4 Å². The maximum atomic E-state index is 13.2. The summed E-state index contributed by atoms with van der Waals surface area (Å²) in [5, 5.41) is 10.1. The smallest absolute Gasteiger partial charge is 0.323 e. The van der Waals surface area contributed by atoms with Gasteiger partial charge >= 0.3 is 10.8 Å². The number of fused-ring (bicyclic) bond motifs is 9. The Morgan fingerprint density at radius 1 is 1.21 bits per heavy atom. The van der Waals surface area contributed by atoms with Gasteiger partial charge in [0.25, 0.3) is 0 Å². The second-order valence-corrected chi connectivity index (χ2v) is 12.0. The molecule has 2 amide bonds. The minimum Gasteiger partial charge on any atom is -0.497 e. The zero-order valence-electron chi connectivity index (χ0n) is 17.9. The number of aliphatic carboxylic acids is 1. The van der Waals surface area contributed by atoms with Gasteiger partial charge in [-0.1, -0.05) is 23.5 Å². The van der Waals surface area contributed by atoms with Crippen LogP contribution in [0, 0.1) is 29.6 Å². The fourth-order valence-corrected chi connectivity index (χ4v) is 9.91. The van der Waals surface area contributed by atoms with E-state index >= 15 is 0 Å². The molecule has 172 valence electrons. The first-order chi connectivity index (χ1) is 15.7. The Kier molecular flexibility index (Phi) is 4.42. The van der Waals surface area contributed by atoms with Gasteiger partial charge in [-0.05, 0) is 48.8 Å². The third-order valence-electron chi connectivity index (χ3n) is 8.14. The molecule has 2 saturated carbocycles. The zero-order valence-corrected chi connectivity index (χ0v) is 19.6. The average Bonchev–Trinajstić information content (AvgIpc) is 3.48. The number of likely N-dealkylation sites (tertiary alicyclic amines) is 1. The van der Waals surface area contributed by atoms with Crippen LogP contribution in [0.4, 0.5) is 0 Å². The maximum Gasteiger partial charge on any atom is 0.323 e. The van der Waals surface area contributed by atoms with Crippen LogP contribution in [0.1, 0.15) is 29.7 Å². The number of thioether (sulfide) groups is 1. The van der Waals surface area contributed by atoms with Gasteiger partial charge in [0, 0.05) is 15.5 Å². The van der Waals surface area contributed by atoms with E-state index in [0.29, 0.717) is 0 Å². The number of amides is 2. The third-order valence-corrected chi connectivity index (χ3v) is 10.8. The van der Waals surface area contributed by atoms with Crippen LogP contribution in [-0.2, 0) is 14.4 Å². The van der Waals surface area contributed by atoms with E-state index in [1.54, 1.807) is 18.9 Å². The molecule has 33 heavy (non-hydrogen) atoms. The van der Waals surface area contributed by atoms with E-state index in [1.165, 1.54) is 11.3 Å². The van der Waals surface area contributed by atoms with Gasteiger partial charge in [0.15, 0.2) is 0 Å². The average molecular weight is 487 g/mol. The third kappa shape index (κ3) is 2.70. The van der Waals surface area contributed by atoms with E-state index in [9.17, 15) is 24.3 Å². The molecule has 2 bridgehead atoms. The SMILES string of the molecule is COc1ccc([C@@H]2c3sc(=O)[nH]c3S[C@@]3(C)[C@H]2[C@H]2C[C@H]3[C@H]3C(=O)N(CC(=O)O)C(=O)[C@@H]23)cc1. The van der Waals surface area contributed by atoms with E-state index < -0.39 is 24.3 Å². The van der Waals surface area contributed by atoms with Gasteiger partial charge in [-0.3, -0.25) is 24.1 Å². The fourth-order valence-electron chi connectivity index (χ4n) is 7.04. The Morgan fingerprint density at radius 2 is 1.91 bits per heavy atom. The molecule has 2 aliphatic heterocycles. The quantitative estimate of drug-likeness (QED) is 0.638. The first-order valence-corrected chi connectivity index (χ1v) is 12.5. The van der Waals surface area contributed by atoms with Crippen LogP contribution in [0.2, 0.25) is 0 Å². The van der Waals surface area contributed by atoms with Crippen molar-refractivity contribution in [1.82, 2.24) is 9.88 Å². The number of ether oxygens (including phenoxy) is 1. The number of aromatic amines is 1. The molecule has 1 aromatic heterocycles. The molecule has 1 saturated heterocycles. The summed E-state index contributed by atoms with van der Waals surface area (Å²) in [5.41, 5.74) is 1.05. The minimum absolute atomic E-state index is 0.0441. The topological polar surface area (TPSA) is 117 Å². The highest BCUT2D eigenvalue weighted by Crippen LogP contribution is 2.73. The van der Waals surface area contributed by atoms with Crippen LogP contribution in [0.25, 0.3) is 0 Å². The fraction of sp³-hybridized carbons (Fsp3) is 0.478. The molecule has 2 N–H and O–H groups in total. The molecule has 7 atom stereocenters. The lowest BCUT2D eigenvalue weighted by atomic mass is 9.63. The van der Waals surface area contributed by atoms with Gasteiger partial charge in [-0.15, -0.1) is 11.8 Å². The van der Waals surface area contributed by atoms with Gasteiger partial charge in [0.05, 0.1) is 24.0 Å². The minimum atomic E-state index is -1.18. The highest BCUT2D eigenvalue weighted by Gasteiger charge is 2.73. The summed E-state index contributed by atoms with van der Waals surface area (Å²) in [7, 11) is 1.61. The monoisotopic (exact) mass is 486 g/mol. The van der Waals surface area contributed by atoms with Gasteiger partial charge in [-0.2, -0.15) is 0 Å². The Hall–Kier alpha value is -2.59. The van der Waals surface area contributed by atoms with Gasteiger partial charge in [0.1, 0.15) is 12.3 Å². The standard InChI is InChI=1S/C23H22N2O6S2/c1-23-12-7-11(15-16(12)21(29)25(20(15)28)8-13(26)27)17(23)14(9-3-5-10(31-2)6-4-9)18-19(33-23)24-22(30)32-18/h3-6,11-12,14-17H,7-8H2,1-2H3,(H,24,30)(H,26,27)/t11-,12-,14-,15-,16+,17-,23+/m0/s1. The molecule has 4 aliphatic rings. The summed E-state index contributed by atoms with van der Waals surface area (Å²) >= 11 is 2.83. The number of H-pyrrole nitrogens is 1. The predicted octanol–water partition coefficient (Wildman–Crippen LogP) is 2.39. The molecule has 8 nitrogen and oxygen atoms in total. The summed E-state index contributed by atoms with van der Waals surface area (Å²) in [6, 6.07) is 7.82. The first kappa shape index (κ1) is 21.0. The number of hydrogen-bond acceptors (Lipinski definition) is 7. The van der Waals surface area contributed by atoms with E-state index in [2.05, 4.69) is 11.9 Å². The van der Waals surface area contributed by atoms with Crippen molar-refractivity contribution in [3.8, 4) is 5.75 Å². The summed E-state index contributed by atoms with van der Waals surface area (Å²) in [6.07, 6.45) is 0.758. The number of nitrogens with one attached hydrogen (secondary N) is 1. The second-order valence-electron chi connectivity index (χ2n) is 9.48. The number of nitrogens with zero attached hydrogens (tertiary/aromatic N) is 1. The number of hydrogen-bond donors (Lipinski definition) is 2. The summed E-state index contributed by atoms with van der Waals surface area (Å²) in [4.78, 5) is 54.9. The normalized spacial score (nSPS) is 36.0. The largest absolute Gasteiger partial charge is 0.497 e. The van der Waals surface area contributed by atoms with Gasteiger partial charge in [0.2, 0.25) is 11.8 Å². The number of aromatic nitrogens is 1. The summed E-state index contributed by atoms with van der Waals surface area (Å²) in [6.45, 7) is 1.57. The molecule has 3 fully saturated rings. The first-order valence-electron chi connectivity index (χ1n) is 10.9. The lowest BCUT2D eigenvalue weighted by Crippen LogP contribution is -2.50. The number of benzene rings is 1. The van der Waals surface area contributed by atoms with Gasteiger partial charge < -0.3 is 14.8 Å². The highest BCUT2D eigenvalue weighted by atomic mass is 32.2. The van der Waals surface area contributed by atoms with Crippen LogP contribution in [0.15, 0.2) is 34.1 Å². The number of imide groups is 1. The van der Waals surface area contributed by atoms with Crippen molar-refractivity contribution in [1.29, 1.82) is 0 Å². The Balaban J connectivity index is 1.48. The molecule has 10 heteroatoms. The zero-order chi connectivity index (χ0) is 23.2. The van der Waals surface area contributed by atoms with E-state index in [0.717, 1.165) is 32.5 Å². The number of methoxy groups -OCH3 is 1. The number of thiazole rings is 1. The molecular formula is C23H22N2O6S2. The van der Waals surface area contributed by atoms with Crippen LogP contribution < -0.4 is 9.61 Å². The number of carbonyl (C=O) groups is 3. The van der Waals surface area contributed by atoms with Crippen molar-refractivity contribution >= 4 is 40.9 Å². The number of carboxylic acids is 1. The molecule has 1 aromatic carbocycles. The molecule has 0 radical (unpaired) electrons. The molecule has 3 heterocycles. The van der Waals surface area contributed by atoms with E-state index in [1.807, 2.05) is 24.3 Å². The molecule has 0 unspecified atom stereocenters. The van der Waals surface area contributed by atoms with Gasteiger partial charge in [-0.25, -0.2) is 0 Å². The molecular weight excluding hydrogens is 464 g/mol. The summed E-state index contributed by atoms with van der Waals surface area (Å²) in [5.74, 6) is -2.28. The number of rotatable bonds is 4. The van der Waals surface area contributed by atoms with Crippen molar-refractivity contribution in [3.63, 3.8) is 0 Å². The van der Waals surface area contributed by atoms with Crippen LogP contribution in [0.3, 0.4) is 0 Å². The van der Waals surface area contributed by atoms with Crippen molar-refractivity contribution in [2.24, 2.45) is 29.6 Å². The maximum absolute atomic E-state index is 13.2. The Morgan fingerprint density at radius 3 is 2.58 bits per heavy atom. The van der Waals surface area contributed by atoms with Crippen LogP contribution in [-0.4, -0.2) is 51.2 Å². The van der Waals surface area contributed by atoms with Crippen molar-refractivity contribution < 1.29 is 24.2 Å². The molecule has 2 aliphatic carbocycles. The van der Waals surface area contributed by atoms with E-state index in [4.69, 9.17) is 4.74 Å². The lowest BCUT2D eigenvalue weighted by Gasteiger charge is -2.50. The second kappa shape index (κ2) is 6.96. The molecule has 2 aromatic rings. The highest BCUT2D eigenvalue weighted by molar-refractivity contribution is 8.00. The van der Waals surface area contributed by atoms with Crippen LogP contribution >= 0.6 is 23.1 Å². The Labute approximate surface area is 197 Å². The number of carboxylic acid groups (broad SMARTS) is 1. The Bertz CT molecular complexity index is 1250. The van der Waals surface area contributed by atoms with Crippen LogP contribution in [0.5, 0.6) is 5.75 Å². The molecule has 0 spiro atoms. The molecule has 6 rings (SSSR count). The van der Waals surface area contributed by atoms with Crippen molar-refractivity contribution in [2.75, 3.05) is 13.7 Å². The van der Waals surface area contributed by atoms with E-state index in [-0.39, 0.29) is 45.1 Å². The number of carbonyl (C=O) groups excluding carboxylic acids is 2. The van der Waals surface area contributed by atoms with Crippen molar-refractivity contribution in [2.45, 2.75) is 29.0 Å². The summed E-state index contributed by atoms with van der Waals surface area (Å²) < 4.78 is 4.96. The predicted molar refractivity (Wildman–Crippen MR) is 120 cm³/mol.